The zero-order valence-electron chi connectivity index (χ0n) is 13.2. The van der Waals surface area contributed by atoms with Crippen LogP contribution in [0.4, 0.5) is 8.78 Å². The number of nitrogens with zero attached hydrogens (tertiary/aromatic N) is 1. The Morgan fingerprint density at radius 1 is 1.16 bits per heavy atom. The van der Waals surface area contributed by atoms with Crippen LogP contribution in [-0.4, -0.2) is 25.0 Å². The molecule has 0 aliphatic carbocycles. The molecule has 0 radical (unpaired) electrons. The summed E-state index contributed by atoms with van der Waals surface area (Å²) in [4.78, 5) is 12.2. The molecule has 1 amide bonds. The Bertz CT molecular complexity index is 824. The van der Waals surface area contributed by atoms with E-state index in [1.54, 1.807) is 37.3 Å². The largest absolute Gasteiger partial charge is 0.454 e. The Balaban J connectivity index is 1.69. The Kier molecular flexibility index (Phi) is 4.78. The van der Waals surface area contributed by atoms with Gasteiger partial charge in [-0.15, -0.1) is 0 Å². The molecule has 2 aromatic rings. The lowest BCUT2D eigenvalue weighted by Gasteiger charge is -2.07. The number of amides is 1. The maximum atomic E-state index is 12.3. The average molecular weight is 348 g/mol. The van der Waals surface area contributed by atoms with E-state index < -0.39 is 12.5 Å². The first-order valence-corrected chi connectivity index (χ1v) is 7.32. The average Bonchev–Trinajstić information content (AvgIpc) is 3.06. The molecular weight excluding hydrogens is 334 g/mol. The number of hydrogen-bond acceptors (Lipinski definition) is 5. The van der Waals surface area contributed by atoms with Crippen molar-refractivity contribution >= 4 is 11.6 Å². The summed E-state index contributed by atoms with van der Waals surface area (Å²) in [6.07, 6.45) is 0. The SMILES string of the molecule is C/C(=N/NC(=O)c1ccc2c(c1)OCO2)c1cccc(OC(F)F)c1. The summed E-state index contributed by atoms with van der Waals surface area (Å²) in [5, 5.41) is 3.99. The molecule has 1 N–H and O–H groups in total. The molecular formula is C17H14F2N2O4. The number of hydrogen-bond donors (Lipinski definition) is 1. The molecule has 0 fully saturated rings. The standard InChI is InChI=1S/C17H14F2N2O4/c1-10(11-3-2-4-13(7-11)25-17(18)19)20-21-16(22)12-5-6-14-15(8-12)24-9-23-14/h2-8,17H,9H2,1H3,(H,21,22)/b20-10-. The van der Waals surface area contributed by atoms with Gasteiger partial charge in [0.1, 0.15) is 5.75 Å². The molecule has 6 nitrogen and oxygen atoms in total. The molecule has 1 aliphatic heterocycles. The Labute approximate surface area is 142 Å². The number of carbonyl (C=O) groups is 1. The highest BCUT2D eigenvalue weighted by atomic mass is 19.3. The summed E-state index contributed by atoms with van der Waals surface area (Å²) in [6.45, 7) is -1.14. The molecule has 0 unspecified atom stereocenters. The molecule has 1 heterocycles. The molecule has 0 saturated carbocycles. The summed E-state index contributed by atoms with van der Waals surface area (Å²) in [6, 6.07) is 10.8. The van der Waals surface area contributed by atoms with Gasteiger partial charge in [-0.05, 0) is 37.3 Å². The van der Waals surface area contributed by atoms with Gasteiger partial charge in [-0.2, -0.15) is 13.9 Å². The maximum absolute atomic E-state index is 12.3. The molecule has 0 bridgehead atoms. The monoisotopic (exact) mass is 348 g/mol. The van der Waals surface area contributed by atoms with Crippen LogP contribution in [-0.2, 0) is 0 Å². The van der Waals surface area contributed by atoms with Crippen LogP contribution in [0.1, 0.15) is 22.8 Å². The number of ether oxygens (including phenoxy) is 3. The molecule has 1 aliphatic rings. The zero-order chi connectivity index (χ0) is 17.8. The predicted molar refractivity (Wildman–Crippen MR) is 85.3 cm³/mol. The van der Waals surface area contributed by atoms with Gasteiger partial charge in [0.15, 0.2) is 11.5 Å². The van der Waals surface area contributed by atoms with Crippen LogP contribution in [0.3, 0.4) is 0 Å². The minimum absolute atomic E-state index is 0.0177. The third kappa shape index (κ3) is 4.03. The maximum Gasteiger partial charge on any atom is 0.387 e. The second-order valence-corrected chi connectivity index (χ2v) is 5.11. The Hall–Kier alpha value is -3.16. The van der Waals surface area contributed by atoms with E-state index in [0.29, 0.717) is 28.3 Å². The predicted octanol–water partition coefficient (Wildman–Crippen LogP) is 3.17. The van der Waals surface area contributed by atoms with E-state index in [9.17, 15) is 13.6 Å². The first kappa shape index (κ1) is 16.7. The number of fused-ring (bicyclic) bond motifs is 1. The minimum atomic E-state index is -2.90. The van der Waals surface area contributed by atoms with Gasteiger partial charge in [0.25, 0.3) is 5.91 Å². The summed E-state index contributed by atoms with van der Waals surface area (Å²) in [5.74, 6) is 0.652. The molecule has 8 heteroatoms. The highest BCUT2D eigenvalue weighted by molar-refractivity contribution is 6.01. The number of benzene rings is 2. The van der Waals surface area contributed by atoms with Crippen molar-refractivity contribution < 1.29 is 27.8 Å². The van der Waals surface area contributed by atoms with Gasteiger partial charge in [-0.25, -0.2) is 5.43 Å². The fraction of sp³-hybridized carbons (Fsp3) is 0.176. The van der Waals surface area contributed by atoms with E-state index in [4.69, 9.17) is 9.47 Å². The molecule has 3 rings (SSSR count). The van der Waals surface area contributed by atoms with Crippen LogP contribution in [0, 0.1) is 0 Å². The molecule has 25 heavy (non-hydrogen) atoms. The number of rotatable bonds is 5. The topological polar surface area (TPSA) is 69.2 Å². The highest BCUT2D eigenvalue weighted by Crippen LogP contribution is 2.32. The van der Waals surface area contributed by atoms with Gasteiger partial charge in [-0.1, -0.05) is 12.1 Å². The number of carbonyl (C=O) groups excluding carboxylic acids is 1. The lowest BCUT2D eigenvalue weighted by atomic mass is 10.1. The van der Waals surface area contributed by atoms with Crippen LogP contribution in [0.5, 0.6) is 17.2 Å². The number of alkyl halides is 2. The van der Waals surface area contributed by atoms with Crippen molar-refractivity contribution in [1.29, 1.82) is 0 Å². The van der Waals surface area contributed by atoms with Gasteiger partial charge in [-0.3, -0.25) is 4.79 Å². The fourth-order valence-corrected chi connectivity index (χ4v) is 2.20. The number of nitrogens with one attached hydrogen (secondary N) is 1. The molecule has 0 aromatic heterocycles. The zero-order valence-corrected chi connectivity index (χ0v) is 13.2. The van der Waals surface area contributed by atoms with E-state index in [1.165, 1.54) is 12.1 Å². The van der Waals surface area contributed by atoms with Gasteiger partial charge in [0, 0.05) is 11.1 Å². The summed E-state index contributed by atoms with van der Waals surface area (Å²) >= 11 is 0. The van der Waals surface area contributed by atoms with Crippen LogP contribution in [0.2, 0.25) is 0 Å². The van der Waals surface area contributed by atoms with Crippen LogP contribution >= 0.6 is 0 Å². The van der Waals surface area contributed by atoms with Crippen molar-refractivity contribution in [3.8, 4) is 17.2 Å². The van der Waals surface area contributed by atoms with Gasteiger partial charge >= 0.3 is 6.61 Å². The fourth-order valence-electron chi connectivity index (χ4n) is 2.20. The highest BCUT2D eigenvalue weighted by Gasteiger charge is 2.16. The molecule has 0 atom stereocenters. The van der Waals surface area contributed by atoms with Crippen molar-refractivity contribution in [3.05, 3.63) is 53.6 Å². The molecule has 2 aromatic carbocycles. The van der Waals surface area contributed by atoms with Crippen molar-refractivity contribution in [2.45, 2.75) is 13.5 Å². The second kappa shape index (κ2) is 7.16. The van der Waals surface area contributed by atoms with Gasteiger partial charge in [0.2, 0.25) is 6.79 Å². The third-order valence-electron chi connectivity index (χ3n) is 3.44. The van der Waals surface area contributed by atoms with E-state index in [2.05, 4.69) is 15.3 Å². The Morgan fingerprint density at radius 3 is 2.76 bits per heavy atom. The van der Waals surface area contributed by atoms with Crippen molar-refractivity contribution in [2.24, 2.45) is 5.10 Å². The minimum Gasteiger partial charge on any atom is -0.454 e. The summed E-state index contributed by atoms with van der Waals surface area (Å²) in [7, 11) is 0. The summed E-state index contributed by atoms with van der Waals surface area (Å²) < 4.78 is 39.3. The first-order chi connectivity index (χ1) is 12.0. The lowest BCUT2D eigenvalue weighted by Crippen LogP contribution is -2.19. The van der Waals surface area contributed by atoms with Crippen LogP contribution < -0.4 is 19.6 Å². The lowest BCUT2D eigenvalue weighted by molar-refractivity contribution is -0.0498. The van der Waals surface area contributed by atoms with Crippen molar-refractivity contribution in [1.82, 2.24) is 5.43 Å². The van der Waals surface area contributed by atoms with E-state index in [-0.39, 0.29) is 12.5 Å². The van der Waals surface area contributed by atoms with Crippen molar-refractivity contribution in [2.75, 3.05) is 6.79 Å². The second-order valence-electron chi connectivity index (χ2n) is 5.11. The van der Waals surface area contributed by atoms with Gasteiger partial charge < -0.3 is 14.2 Å². The van der Waals surface area contributed by atoms with Crippen molar-refractivity contribution in [3.63, 3.8) is 0 Å². The van der Waals surface area contributed by atoms with E-state index in [0.717, 1.165) is 0 Å². The first-order valence-electron chi connectivity index (χ1n) is 7.32. The van der Waals surface area contributed by atoms with Gasteiger partial charge in [0.05, 0.1) is 5.71 Å². The quantitative estimate of drug-likeness (QED) is 0.666. The molecule has 130 valence electrons. The van der Waals surface area contributed by atoms with E-state index in [1.807, 2.05) is 0 Å². The molecule has 0 spiro atoms. The number of halogens is 2. The molecule has 0 saturated heterocycles. The normalized spacial score (nSPS) is 13.0. The third-order valence-corrected chi connectivity index (χ3v) is 3.44. The van der Waals surface area contributed by atoms with E-state index >= 15 is 0 Å². The van der Waals surface area contributed by atoms with Crippen LogP contribution in [0.25, 0.3) is 0 Å². The number of hydrazone groups is 1. The smallest absolute Gasteiger partial charge is 0.387 e. The Morgan fingerprint density at radius 2 is 1.96 bits per heavy atom. The van der Waals surface area contributed by atoms with Crippen LogP contribution in [0.15, 0.2) is 47.6 Å². The summed E-state index contributed by atoms with van der Waals surface area (Å²) in [5.41, 5.74) is 3.75.